The Morgan fingerprint density at radius 1 is 1.21 bits per heavy atom. The van der Waals surface area contributed by atoms with Gasteiger partial charge in [0.25, 0.3) is 5.56 Å². The molecule has 4 rings (SSSR count). The molecule has 2 aromatic heterocycles. The van der Waals surface area contributed by atoms with Gasteiger partial charge >= 0.3 is 0 Å². The number of Topliss-reactive ketones (excluding diaryl/α,β-unsaturated/α-hetero) is 1. The van der Waals surface area contributed by atoms with Crippen LogP contribution in [-0.2, 0) is 13.0 Å². The summed E-state index contributed by atoms with van der Waals surface area (Å²) in [4.78, 5) is 34.8. The molecule has 1 saturated heterocycles. The third-order valence-electron chi connectivity index (χ3n) is 5.58. The molecule has 0 aliphatic carbocycles. The van der Waals surface area contributed by atoms with Gasteiger partial charge in [0.1, 0.15) is 10.5 Å². The van der Waals surface area contributed by atoms with Gasteiger partial charge in [-0.05, 0) is 55.3 Å². The molecule has 0 spiro atoms. The fourth-order valence-corrected chi connectivity index (χ4v) is 4.80. The molecule has 0 atom stereocenters. The lowest BCUT2D eigenvalue weighted by Crippen LogP contribution is -2.36. The topological polar surface area (TPSA) is 66.1 Å². The van der Waals surface area contributed by atoms with Crippen LogP contribution in [0.1, 0.15) is 48.4 Å². The van der Waals surface area contributed by atoms with E-state index in [1.165, 1.54) is 16.9 Å². The molecule has 1 aromatic carbocycles. The van der Waals surface area contributed by atoms with Gasteiger partial charge in [0.15, 0.2) is 5.78 Å². The lowest BCUT2D eigenvalue weighted by Gasteiger charge is -2.30. The highest BCUT2D eigenvalue weighted by Gasteiger charge is 2.26. The molecule has 1 aliphatic heterocycles. The van der Waals surface area contributed by atoms with Crippen LogP contribution >= 0.6 is 11.3 Å². The van der Waals surface area contributed by atoms with Gasteiger partial charge in [0.2, 0.25) is 0 Å². The van der Waals surface area contributed by atoms with Gasteiger partial charge in [-0.25, -0.2) is 4.98 Å². The molecule has 6 heteroatoms. The zero-order valence-corrected chi connectivity index (χ0v) is 17.8. The first-order valence-corrected chi connectivity index (χ1v) is 11.2. The normalized spacial score (nSPS) is 16.0. The second-order valence-electron chi connectivity index (χ2n) is 8.36. The second kappa shape index (κ2) is 8.59. The quantitative estimate of drug-likeness (QED) is 0.617. The number of H-pyrrole nitrogens is 1. The largest absolute Gasteiger partial charge is 0.308 e. The molecule has 152 valence electrons. The van der Waals surface area contributed by atoms with Crippen molar-refractivity contribution >= 4 is 27.3 Å². The Labute approximate surface area is 174 Å². The SMILES string of the molecule is CC(C)Cc1ccc(C(=O)C2CCN(Cc3nc4ccsc4c(=O)[nH]3)CC2)cc1. The van der Waals surface area contributed by atoms with Crippen molar-refractivity contribution in [3.63, 3.8) is 0 Å². The van der Waals surface area contributed by atoms with E-state index in [0.717, 1.165) is 43.4 Å². The zero-order valence-electron chi connectivity index (χ0n) is 17.0. The molecule has 0 saturated carbocycles. The van der Waals surface area contributed by atoms with Gasteiger partial charge in [-0.15, -0.1) is 11.3 Å². The van der Waals surface area contributed by atoms with Crippen LogP contribution < -0.4 is 5.56 Å². The highest BCUT2D eigenvalue weighted by atomic mass is 32.1. The fraction of sp³-hybridized carbons (Fsp3) is 0.435. The Bertz CT molecular complexity index is 1040. The highest BCUT2D eigenvalue weighted by molar-refractivity contribution is 7.17. The van der Waals surface area contributed by atoms with Crippen LogP contribution in [0.4, 0.5) is 0 Å². The smallest absolute Gasteiger partial charge is 0.268 e. The van der Waals surface area contributed by atoms with E-state index in [2.05, 4.69) is 40.8 Å². The third kappa shape index (κ3) is 4.65. The number of hydrogen-bond donors (Lipinski definition) is 1. The number of likely N-dealkylation sites (tertiary alicyclic amines) is 1. The van der Waals surface area contributed by atoms with Crippen LogP contribution in [0, 0.1) is 11.8 Å². The Morgan fingerprint density at radius 3 is 2.62 bits per heavy atom. The molecule has 3 heterocycles. The summed E-state index contributed by atoms with van der Waals surface area (Å²) in [5.74, 6) is 1.65. The summed E-state index contributed by atoms with van der Waals surface area (Å²) in [5, 5.41) is 1.89. The summed E-state index contributed by atoms with van der Waals surface area (Å²) >= 11 is 1.42. The number of fused-ring (bicyclic) bond motifs is 1. The Morgan fingerprint density at radius 2 is 1.93 bits per heavy atom. The maximum atomic E-state index is 12.9. The summed E-state index contributed by atoms with van der Waals surface area (Å²) in [5.41, 5.74) is 2.81. The van der Waals surface area contributed by atoms with Crippen LogP contribution in [0.5, 0.6) is 0 Å². The van der Waals surface area contributed by atoms with Crippen LogP contribution in [0.15, 0.2) is 40.5 Å². The van der Waals surface area contributed by atoms with E-state index in [0.29, 0.717) is 23.0 Å². The number of carbonyl (C=O) groups excluding carboxylic acids is 1. The average Bonchev–Trinajstić information content (AvgIpc) is 3.17. The van der Waals surface area contributed by atoms with Crippen molar-refractivity contribution in [2.45, 2.75) is 39.7 Å². The lowest BCUT2D eigenvalue weighted by atomic mass is 9.88. The summed E-state index contributed by atoms with van der Waals surface area (Å²) in [7, 11) is 0. The predicted octanol–water partition coefficient (Wildman–Crippen LogP) is 4.28. The van der Waals surface area contributed by atoms with E-state index in [4.69, 9.17) is 0 Å². The monoisotopic (exact) mass is 409 g/mol. The molecule has 3 aromatic rings. The number of nitrogens with zero attached hydrogens (tertiary/aromatic N) is 2. The zero-order chi connectivity index (χ0) is 20.4. The molecular formula is C23H27N3O2S. The highest BCUT2D eigenvalue weighted by Crippen LogP contribution is 2.23. The number of nitrogens with one attached hydrogen (secondary N) is 1. The van der Waals surface area contributed by atoms with Gasteiger partial charge in [0.05, 0.1) is 12.1 Å². The molecule has 29 heavy (non-hydrogen) atoms. The molecule has 5 nitrogen and oxygen atoms in total. The van der Waals surface area contributed by atoms with Crippen molar-refractivity contribution in [1.29, 1.82) is 0 Å². The van der Waals surface area contributed by atoms with Gasteiger partial charge in [-0.2, -0.15) is 0 Å². The summed E-state index contributed by atoms with van der Waals surface area (Å²) in [6, 6.07) is 10.0. The van der Waals surface area contributed by atoms with Crippen molar-refractivity contribution in [3.05, 3.63) is 63.0 Å². The first-order valence-electron chi connectivity index (χ1n) is 10.3. The minimum atomic E-state index is -0.0639. The fourth-order valence-electron chi connectivity index (χ4n) is 4.07. The number of thiophene rings is 1. The van der Waals surface area contributed by atoms with E-state index in [1.54, 1.807) is 0 Å². The number of hydrogen-bond acceptors (Lipinski definition) is 5. The van der Waals surface area contributed by atoms with Crippen molar-refractivity contribution in [2.75, 3.05) is 13.1 Å². The minimum Gasteiger partial charge on any atom is -0.308 e. The van der Waals surface area contributed by atoms with Gasteiger partial charge < -0.3 is 4.98 Å². The van der Waals surface area contributed by atoms with E-state index < -0.39 is 0 Å². The predicted molar refractivity (Wildman–Crippen MR) is 118 cm³/mol. The Kier molecular flexibility index (Phi) is 5.92. The standard InChI is InChI=1S/C23H27N3O2S/c1-15(2)13-16-3-5-17(6-4-16)21(27)18-7-10-26(11-8-18)14-20-24-19-9-12-29-22(19)23(28)25-20/h3-6,9,12,15,18H,7-8,10-11,13-14H2,1-2H3,(H,24,25,28). The van der Waals surface area contributed by atoms with Crippen molar-refractivity contribution < 1.29 is 4.79 Å². The number of carbonyl (C=O) groups is 1. The lowest BCUT2D eigenvalue weighted by molar-refractivity contribution is 0.0833. The number of aromatic nitrogens is 2. The molecular weight excluding hydrogens is 382 g/mol. The van der Waals surface area contributed by atoms with E-state index in [1.807, 2.05) is 23.6 Å². The molecule has 1 N–H and O–H groups in total. The molecule has 0 radical (unpaired) electrons. The van der Waals surface area contributed by atoms with E-state index >= 15 is 0 Å². The van der Waals surface area contributed by atoms with Crippen LogP contribution in [0.25, 0.3) is 10.2 Å². The molecule has 0 unspecified atom stereocenters. The summed E-state index contributed by atoms with van der Waals surface area (Å²) < 4.78 is 0.678. The molecule has 1 aliphatic rings. The maximum Gasteiger partial charge on any atom is 0.268 e. The molecule has 0 bridgehead atoms. The number of ketones is 1. The molecule has 0 amide bonds. The van der Waals surface area contributed by atoms with Crippen molar-refractivity contribution in [2.24, 2.45) is 11.8 Å². The summed E-state index contributed by atoms with van der Waals surface area (Å²) in [6.45, 7) is 6.71. The number of aromatic amines is 1. The summed E-state index contributed by atoms with van der Waals surface area (Å²) in [6.07, 6.45) is 2.73. The Balaban J connectivity index is 1.34. The first-order chi connectivity index (χ1) is 14.0. The van der Waals surface area contributed by atoms with Crippen molar-refractivity contribution in [3.8, 4) is 0 Å². The number of benzene rings is 1. The maximum absolute atomic E-state index is 12.9. The Hall–Kier alpha value is -2.31. The van der Waals surface area contributed by atoms with Crippen LogP contribution in [0.3, 0.4) is 0 Å². The van der Waals surface area contributed by atoms with Gasteiger partial charge in [0, 0.05) is 11.5 Å². The van der Waals surface area contributed by atoms with E-state index in [-0.39, 0.29) is 17.3 Å². The second-order valence-corrected chi connectivity index (χ2v) is 9.27. The van der Waals surface area contributed by atoms with Gasteiger partial charge in [-0.3, -0.25) is 14.5 Å². The number of piperidine rings is 1. The van der Waals surface area contributed by atoms with Crippen molar-refractivity contribution in [1.82, 2.24) is 14.9 Å². The van der Waals surface area contributed by atoms with E-state index in [9.17, 15) is 9.59 Å². The average molecular weight is 410 g/mol. The third-order valence-corrected chi connectivity index (χ3v) is 6.48. The molecule has 1 fully saturated rings. The minimum absolute atomic E-state index is 0.0639. The first kappa shape index (κ1) is 20.0. The number of rotatable bonds is 6. The van der Waals surface area contributed by atoms with Crippen LogP contribution in [0.2, 0.25) is 0 Å². The van der Waals surface area contributed by atoms with Crippen LogP contribution in [-0.4, -0.2) is 33.7 Å². The van der Waals surface area contributed by atoms with Gasteiger partial charge in [-0.1, -0.05) is 38.1 Å².